The first-order valence-corrected chi connectivity index (χ1v) is 16.5. The lowest BCUT2D eigenvalue weighted by atomic mass is 9.87. The maximum Gasteiger partial charge on any atom is 0.418 e. The monoisotopic (exact) mass is 701 g/mol. The molecule has 0 aliphatic carbocycles. The molecule has 0 radical (unpaired) electrons. The van der Waals surface area contributed by atoms with Crippen LogP contribution in [0.1, 0.15) is 53.6 Å². The summed E-state index contributed by atoms with van der Waals surface area (Å²) in [6.45, 7) is 3.68. The summed E-state index contributed by atoms with van der Waals surface area (Å²) >= 11 is 1.41. The number of nitrogens with one attached hydrogen (secondary N) is 1. The molecule has 1 amide bonds. The first kappa shape index (κ1) is 35.7. The number of esters is 1. The number of amides is 1. The van der Waals surface area contributed by atoms with E-state index in [-0.39, 0.29) is 37.0 Å². The molecule has 0 aliphatic rings. The van der Waals surface area contributed by atoms with Crippen LogP contribution in [0.15, 0.2) is 78.8 Å². The summed E-state index contributed by atoms with van der Waals surface area (Å²) in [5, 5.41) is 18.9. The van der Waals surface area contributed by atoms with Gasteiger partial charge < -0.3 is 14.8 Å². The van der Waals surface area contributed by atoms with E-state index in [2.05, 4.69) is 21.5 Å². The maximum absolute atomic E-state index is 15.2. The fraction of sp³-hybridized carbons (Fsp3) is 0.286. The van der Waals surface area contributed by atoms with Crippen LogP contribution in [0.25, 0.3) is 11.3 Å². The number of ether oxygens (including phenoxy) is 2. The van der Waals surface area contributed by atoms with E-state index in [9.17, 15) is 14.0 Å². The summed E-state index contributed by atoms with van der Waals surface area (Å²) in [5.74, 6) is -2.23. The quantitative estimate of drug-likeness (QED) is 0.125. The zero-order valence-electron chi connectivity index (χ0n) is 27.8. The number of hydrogen-bond donors (Lipinski definition) is 1. The van der Waals surface area contributed by atoms with Crippen LogP contribution in [0.5, 0.6) is 0 Å². The van der Waals surface area contributed by atoms with Crippen molar-refractivity contribution in [3.8, 4) is 17.3 Å². The highest BCUT2D eigenvalue weighted by atomic mass is 32.1. The smallest absolute Gasteiger partial charge is 0.418 e. The molecular weight excluding hydrogens is 666 g/mol. The summed E-state index contributed by atoms with van der Waals surface area (Å²) in [7, 11) is 3.13. The average molecular weight is 702 g/mol. The van der Waals surface area contributed by atoms with Crippen molar-refractivity contribution in [2.24, 2.45) is 0 Å². The highest BCUT2D eigenvalue weighted by Crippen LogP contribution is 2.38. The summed E-state index contributed by atoms with van der Waals surface area (Å²) in [5.41, 5.74) is 2.78. The summed E-state index contributed by atoms with van der Waals surface area (Å²) in [6, 6.07) is 15.9. The normalized spacial score (nSPS) is 12.8. The number of halogens is 2. The molecule has 0 spiro atoms. The van der Waals surface area contributed by atoms with Crippen LogP contribution < -0.4 is 14.8 Å². The number of anilines is 1. The van der Waals surface area contributed by atoms with Crippen LogP contribution in [0.2, 0.25) is 0 Å². The zero-order chi connectivity index (χ0) is 35.8. The number of thiazole rings is 1. The van der Waals surface area contributed by atoms with Gasteiger partial charge in [-0.2, -0.15) is 9.83 Å². The van der Waals surface area contributed by atoms with Gasteiger partial charge in [-0.25, -0.2) is 23.5 Å². The lowest BCUT2D eigenvalue weighted by Crippen LogP contribution is -2.41. The van der Waals surface area contributed by atoms with Crippen molar-refractivity contribution >= 4 is 29.2 Å². The molecule has 1 N–H and O–H groups in total. The van der Waals surface area contributed by atoms with Crippen LogP contribution in [-0.4, -0.2) is 52.5 Å². The Bertz CT molecular complexity index is 1990. The van der Waals surface area contributed by atoms with Gasteiger partial charge in [0.1, 0.15) is 30.6 Å². The molecule has 5 aromatic rings. The molecule has 2 aromatic carbocycles. The van der Waals surface area contributed by atoms with Crippen LogP contribution in [0.3, 0.4) is 0 Å². The van der Waals surface area contributed by atoms with Crippen molar-refractivity contribution in [1.82, 2.24) is 25.1 Å². The Morgan fingerprint density at radius 3 is 2.68 bits per heavy atom. The number of carbonyl (C=O) groups excluding carboxylic acids is 2. The average Bonchev–Trinajstić information content (AvgIpc) is 3.81. The van der Waals surface area contributed by atoms with Crippen LogP contribution in [0.4, 0.5) is 19.4 Å². The Morgan fingerprint density at radius 2 is 1.94 bits per heavy atom. The van der Waals surface area contributed by atoms with Gasteiger partial charge in [0, 0.05) is 53.6 Å². The molecule has 3 atom stereocenters. The molecule has 0 saturated carbocycles. The van der Waals surface area contributed by atoms with Gasteiger partial charge in [0.05, 0.1) is 28.9 Å². The predicted molar refractivity (Wildman–Crippen MR) is 180 cm³/mol. The molecule has 258 valence electrons. The van der Waals surface area contributed by atoms with Gasteiger partial charge in [-0.15, -0.1) is 16.0 Å². The molecule has 3 aromatic heterocycles. The lowest BCUT2D eigenvalue weighted by Gasteiger charge is -2.22. The van der Waals surface area contributed by atoms with E-state index in [1.54, 1.807) is 53.8 Å². The van der Waals surface area contributed by atoms with E-state index in [1.807, 2.05) is 24.4 Å². The Hall–Kier alpha value is -5.59. The van der Waals surface area contributed by atoms with Crippen LogP contribution in [-0.2, 0) is 27.4 Å². The molecule has 0 aliphatic heterocycles. The summed E-state index contributed by atoms with van der Waals surface area (Å²) in [4.78, 5) is 35.3. The minimum atomic E-state index is -0.810. The number of benzene rings is 2. The second-order valence-corrected chi connectivity index (χ2v) is 12.3. The largest absolute Gasteiger partial charge is 0.460 e. The molecule has 0 fully saturated rings. The minimum absolute atomic E-state index is 0.0402. The van der Waals surface area contributed by atoms with E-state index < -0.39 is 35.8 Å². The number of carbonyl (C=O) groups is 2. The molecule has 0 bridgehead atoms. The van der Waals surface area contributed by atoms with Gasteiger partial charge >= 0.3 is 12.1 Å². The van der Waals surface area contributed by atoms with E-state index in [4.69, 9.17) is 19.7 Å². The van der Waals surface area contributed by atoms with Crippen molar-refractivity contribution in [2.75, 3.05) is 25.5 Å². The number of nitriles is 1. The highest BCUT2D eigenvalue weighted by molar-refractivity contribution is 7.10. The molecule has 0 saturated heterocycles. The molecule has 15 heteroatoms. The number of nitrogens with zero attached hydrogens (tertiary/aromatic N) is 7. The number of hydrogen-bond acceptors (Lipinski definition) is 10. The Kier molecular flexibility index (Phi) is 11.6. The Balaban J connectivity index is 1.32. The van der Waals surface area contributed by atoms with Gasteiger partial charge in [-0.3, -0.25) is 9.69 Å². The zero-order valence-corrected chi connectivity index (χ0v) is 28.6. The van der Waals surface area contributed by atoms with Gasteiger partial charge in [0.2, 0.25) is 12.6 Å². The van der Waals surface area contributed by atoms with Gasteiger partial charge in [0.25, 0.3) is 6.33 Å². The van der Waals surface area contributed by atoms with E-state index >= 15 is 4.39 Å². The second-order valence-electron chi connectivity index (χ2n) is 11.5. The van der Waals surface area contributed by atoms with E-state index in [1.165, 1.54) is 41.9 Å². The molecule has 2 unspecified atom stereocenters. The SMILES string of the molecule is CNCC(=O)OCc1cccnc1N(C)C(=O)OC(C)[n+]1cnn(C[C@H](c2cc(F)ccc2F)C(C)c2nc(-c3ccc(C#N)cc3)cs2)c1. The fourth-order valence-electron chi connectivity index (χ4n) is 5.24. The maximum atomic E-state index is 15.2. The Morgan fingerprint density at radius 1 is 1.16 bits per heavy atom. The highest BCUT2D eigenvalue weighted by Gasteiger charge is 2.30. The van der Waals surface area contributed by atoms with Gasteiger partial charge in [-0.1, -0.05) is 25.1 Å². The van der Waals surface area contributed by atoms with Gasteiger partial charge in [0.15, 0.2) is 0 Å². The first-order chi connectivity index (χ1) is 24.1. The minimum Gasteiger partial charge on any atom is -0.460 e. The summed E-state index contributed by atoms with van der Waals surface area (Å²) in [6.07, 6.45) is 3.08. The lowest BCUT2D eigenvalue weighted by molar-refractivity contribution is -0.753. The third-order valence-corrected chi connectivity index (χ3v) is 9.07. The standard InChI is InChI=1S/C35H35F2N8O4S/c1-22(34-42-31(19-50-34)25-9-7-24(15-38)8-10-25)29(28-14-27(36)11-12-30(28)37)17-45-21-44(20-41-45)23(2)49-35(47)43(4)33-26(6-5-13-40-33)18-48-32(46)16-39-3/h5-14,19-23,29,39H,16-18H2,1-4H3/q+1/t22?,23?,29-/m0/s1. The predicted octanol–water partition coefficient (Wildman–Crippen LogP) is 5.48. The van der Waals surface area contributed by atoms with Gasteiger partial charge in [-0.05, 0) is 49.0 Å². The van der Waals surface area contributed by atoms with Crippen LogP contribution in [0, 0.1) is 23.0 Å². The molecule has 50 heavy (non-hydrogen) atoms. The molecule has 3 heterocycles. The number of aromatic nitrogens is 5. The Labute approximate surface area is 291 Å². The molecule has 12 nitrogen and oxygen atoms in total. The van der Waals surface area contributed by atoms with Crippen molar-refractivity contribution in [3.63, 3.8) is 0 Å². The second kappa shape index (κ2) is 16.2. The van der Waals surface area contributed by atoms with Crippen molar-refractivity contribution in [1.29, 1.82) is 5.26 Å². The fourth-order valence-corrected chi connectivity index (χ4v) is 6.19. The van der Waals surface area contributed by atoms with E-state index in [0.29, 0.717) is 21.8 Å². The van der Waals surface area contributed by atoms with Crippen molar-refractivity contribution in [3.05, 3.63) is 112 Å². The van der Waals surface area contributed by atoms with Crippen LogP contribution >= 0.6 is 11.3 Å². The number of likely N-dealkylation sites (N-methyl/N-ethyl adjacent to an activating group) is 1. The third kappa shape index (κ3) is 8.52. The number of rotatable bonds is 13. The molecule has 5 rings (SSSR count). The first-order valence-electron chi connectivity index (χ1n) is 15.6. The third-order valence-electron chi connectivity index (χ3n) is 8.03. The topological polar surface area (TPSA) is 139 Å². The van der Waals surface area contributed by atoms with Crippen molar-refractivity contribution < 1.29 is 32.4 Å². The summed E-state index contributed by atoms with van der Waals surface area (Å²) < 4.78 is 43.8. The molecular formula is C35H35F2N8O4S+. The van der Waals surface area contributed by atoms with E-state index in [0.717, 1.165) is 17.7 Å². The van der Waals surface area contributed by atoms with Crippen molar-refractivity contribution in [2.45, 2.75) is 45.1 Å². The number of pyridine rings is 1.